The molecule has 148 valence electrons. The van der Waals surface area contributed by atoms with E-state index in [9.17, 15) is 0 Å². The lowest BCUT2D eigenvalue weighted by Gasteiger charge is -2.11. The maximum Gasteiger partial charge on any atom is 0.0632 e. The number of rotatable bonds is 11. The lowest BCUT2D eigenvalue weighted by Crippen LogP contribution is -1.91. The normalized spacial score (nSPS) is 11.7. The van der Waals surface area contributed by atoms with Crippen LogP contribution in [0.15, 0.2) is 96.1 Å². The Hall–Kier alpha value is -3.46. The van der Waals surface area contributed by atoms with Crippen molar-refractivity contribution in [1.29, 1.82) is 0 Å². The summed E-state index contributed by atoms with van der Waals surface area (Å²) in [6.45, 7) is 11.7. The van der Waals surface area contributed by atoms with Crippen LogP contribution in [0, 0.1) is 0 Å². The fraction of sp³-hybridized carbons (Fsp3) is 0.154. The Labute approximate surface area is 174 Å². The van der Waals surface area contributed by atoms with Crippen molar-refractivity contribution in [3.8, 4) is 11.1 Å². The van der Waals surface area contributed by atoms with Crippen molar-refractivity contribution in [3.63, 3.8) is 0 Å². The van der Waals surface area contributed by atoms with Gasteiger partial charge in [-0.15, -0.1) is 6.58 Å². The zero-order chi connectivity index (χ0) is 20.9. The zero-order valence-corrected chi connectivity index (χ0v) is 17.1. The second-order valence-electron chi connectivity index (χ2n) is 6.51. The number of benzene rings is 2. The molecule has 0 heterocycles. The Morgan fingerprint density at radius 2 is 1.83 bits per heavy atom. The second-order valence-corrected chi connectivity index (χ2v) is 6.51. The summed E-state index contributed by atoms with van der Waals surface area (Å²) in [6, 6.07) is 14.9. The molecule has 3 heteroatoms. The molecule has 0 amide bonds. The summed E-state index contributed by atoms with van der Waals surface area (Å²) >= 11 is 0. The van der Waals surface area contributed by atoms with Crippen molar-refractivity contribution in [3.05, 3.63) is 97.3 Å². The predicted octanol–water partition coefficient (Wildman–Crippen LogP) is 6.72. The van der Waals surface area contributed by atoms with Crippen molar-refractivity contribution >= 4 is 24.2 Å². The summed E-state index contributed by atoms with van der Waals surface area (Å²) in [7, 11) is 1.92. The fourth-order valence-electron chi connectivity index (χ4n) is 2.90. The number of hydrogen-bond acceptors (Lipinski definition) is 3. The molecule has 0 bridgehead atoms. The van der Waals surface area contributed by atoms with Crippen molar-refractivity contribution in [2.45, 2.75) is 19.4 Å². The predicted molar refractivity (Wildman–Crippen MR) is 130 cm³/mol. The molecule has 0 aliphatic carbocycles. The van der Waals surface area contributed by atoms with Crippen LogP contribution < -0.4 is 5.32 Å². The first-order valence-electron chi connectivity index (χ1n) is 9.68. The van der Waals surface area contributed by atoms with Gasteiger partial charge < -0.3 is 5.32 Å². The number of anilines is 1. The average Bonchev–Trinajstić information content (AvgIpc) is 2.75. The van der Waals surface area contributed by atoms with E-state index in [0.717, 1.165) is 46.4 Å². The van der Waals surface area contributed by atoms with E-state index in [2.05, 4.69) is 89.8 Å². The highest BCUT2D eigenvalue weighted by Gasteiger charge is 2.06. The summed E-state index contributed by atoms with van der Waals surface area (Å²) in [6.07, 6.45) is 13.3. The summed E-state index contributed by atoms with van der Waals surface area (Å²) in [5.74, 6) is 0. The molecule has 0 saturated carbocycles. The Balaban J connectivity index is 2.51. The standard InChI is InChI=1S/C26H29N3/c1-5-7-8-9-10-23(20-29-15-6-2)25-17-21(19-27-3)16-24(18-25)22-11-13-26(28-4)14-12-22/h5-6,9-18,20,28H,1-3,7-8,19H2,4H3/b10-9-,23-20+,29-15?. The topological polar surface area (TPSA) is 36.8 Å². The molecule has 0 fully saturated rings. The van der Waals surface area contributed by atoms with Crippen LogP contribution in [0.3, 0.4) is 0 Å². The third-order valence-electron chi connectivity index (χ3n) is 4.37. The van der Waals surface area contributed by atoms with Crippen LogP contribution in [0.2, 0.25) is 0 Å². The highest BCUT2D eigenvalue weighted by molar-refractivity contribution is 5.80. The molecule has 0 unspecified atom stereocenters. The largest absolute Gasteiger partial charge is 0.388 e. The SMILES string of the molecule is C=CC=N/C=C(\C=C/CCC=C)c1cc(CN=C)cc(-c2ccc(NC)cc2)c1. The van der Waals surface area contributed by atoms with Gasteiger partial charge in [0.15, 0.2) is 0 Å². The van der Waals surface area contributed by atoms with Crippen LogP contribution in [-0.4, -0.2) is 20.0 Å². The van der Waals surface area contributed by atoms with Crippen LogP contribution in [0.25, 0.3) is 16.7 Å². The van der Waals surface area contributed by atoms with Gasteiger partial charge in [0, 0.05) is 25.1 Å². The molecule has 0 aliphatic rings. The van der Waals surface area contributed by atoms with Crippen LogP contribution >= 0.6 is 0 Å². The third kappa shape index (κ3) is 6.89. The molecule has 2 aromatic rings. The Bertz CT molecular complexity index is 915. The van der Waals surface area contributed by atoms with Crippen LogP contribution in [0.5, 0.6) is 0 Å². The van der Waals surface area contributed by atoms with Crippen LogP contribution in [0.1, 0.15) is 24.0 Å². The van der Waals surface area contributed by atoms with E-state index in [4.69, 9.17) is 0 Å². The summed E-state index contributed by atoms with van der Waals surface area (Å²) in [5, 5.41) is 3.16. The van der Waals surface area contributed by atoms with Gasteiger partial charge in [-0.25, -0.2) is 0 Å². The minimum absolute atomic E-state index is 0.568. The molecule has 0 aliphatic heterocycles. The lowest BCUT2D eigenvalue weighted by molar-refractivity contribution is 1.06. The minimum Gasteiger partial charge on any atom is -0.388 e. The van der Waals surface area contributed by atoms with Crippen LogP contribution in [-0.2, 0) is 6.54 Å². The quantitative estimate of drug-likeness (QED) is 0.199. The number of allylic oxidation sites excluding steroid dienone is 5. The first kappa shape index (κ1) is 21.8. The maximum absolute atomic E-state index is 4.35. The van der Waals surface area contributed by atoms with Gasteiger partial charge in [-0.2, -0.15) is 0 Å². The molecular weight excluding hydrogens is 354 g/mol. The summed E-state index contributed by atoms with van der Waals surface area (Å²) < 4.78 is 0. The minimum atomic E-state index is 0.568. The molecule has 0 aromatic heterocycles. The van der Waals surface area contributed by atoms with Crippen LogP contribution in [0.4, 0.5) is 5.69 Å². The third-order valence-corrected chi connectivity index (χ3v) is 4.37. The van der Waals surface area contributed by atoms with Crippen molar-refractivity contribution in [2.24, 2.45) is 9.98 Å². The maximum atomic E-state index is 4.35. The first-order valence-corrected chi connectivity index (χ1v) is 9.68. The van der Waals surface area contributed by atoms with E-state index < -0.39 is 0 Å². The molecule has 3 nitrogen and oxygen atoms in total. The molecule has 2 rings (SSSR count). The Kier molecular flexibility index (Phi) is 9.10. The molecule has 1 N–H and O–H groups in total. The molecule has 0 atom stereocenters. The molecule has 0 radical (unpaired) electrons. The van der Waals surface area contributed by atoms with Crippen molar-refractivity contribution in [1.82, 2.24) is 0 Å². The Morgan fingerprint density at radius 3 is 2.48 bits per heavy atom. The van der Waals surface area contributed by atoms with E-state index in [1.54, 1.807) is 12.3 Å². The lowest BCUT2D eigenvalue weighted by atomic mass is 9.95. The molecule has 0 spiro atoms. The van der Waals surface area contributed by atoms with E-state index in [0.29, 0.717) is 6.54 Å². The van der Waals surface area contributed by atoms with Gasteiger partial charge in [0.25, 0.3) is 0 Å². The van der Waals surface area contributed by atoms with E-state index in [1.807, 2.05) is 19.3 Å². The van der Waals surface area contributed by atoms with Gasteiger partial charge in [0.05, 0.1) is 6.54 Å². The first-order chi connectivity index (χ1) is 14.2. The number of aliphatic imine (C=N–C) groups is 2. The van der Waals surface area contributed by atoms with Gasteiger partial charge in [0.1, 0.15) is 0 Å². The van der Waals surface area contributed by atoms with Crippen molar-refractivity contribution in [2.75, 3.05) is 12.4 Å². The smallest absolute Gasteiger partial charge is 0.0632 e. The van der Waals surface area contributed by atoms with Gasteiger partial charge in [-0.05, 0) is 77.7 Å². The van der Waals surface area contributed by atoms with Gasteiger partial charge in [0.2, 0.25) is 0 Å². The number of nitrogens with zero attached hydrogens (tertiary/aromatic N) is 2. The molecule has 0 saturated heterocycles. The van der Waals surface area contributed by atoms with Gasteiger partial charge in [-0.3, -0.25) is 9.98 Å². The Morgan fingerprint density at radius 1 is 1.03 bits per heavy atom. The fourth-order valence-corrected chi connectivity index (χ4v) is 2.90. The average molecular weight is 384 g/mol. The van der Waals surface area contributed by atoms with Gasteiger partial charge >= 0.3 is 0 Å². The second kappa shape index (κ2) is 12.1. The molecular formula is C26H29N3. The monoisotopic (exact) mass is 383 g/mol. The molecule has 29 heavy (non-hydrogen) atoms. The zero-order valence-electron chi connectivity index (χ0n) is 17.1. The molecule has 2 aromatic carbocycles. The summed E-state index contributed by atoms with van der Waals surface area (Å²) in [5.41, 5.74) is 6.62. The highest BCUT2D eigenvalue weighted by Crippen LogP contribution is 2.28. The van der Waals surface area contributed by atoms with E-state index >= 15 is 0 Å². The van der Waals surface area contributed by atoms with Crippen molar-refractivity contribution < 1.29 is 0 Å². The summed E-state index contributed by atoms with van der Waals surface area (Å²) in [4.78, 5) is 8.42. The van der Waals surface area contributed by atoms with E-state index in [-0.39, 0.29) is 0 Å². The number of nitrogens with one attached hydrogen (secondary N) is 1. The highest BCUT2D eigenvalue weighted by atomic mass is 14.8. The number of unbranched alkanes of at least 4 members (excludes halogenated alkanes) is 1. The van der Waals surface area contributed by atoms with Gasteiger partial charge in [-0.1, -0.05) is 43.0 Å². The number of hydrogen-bond donors (Lipinski definition) is 1. The van der Waals surface area contributed by atoms with E-state index in [1.165, 1.54) is 0 Å².